The van der Waals surface area contributed by atoms with Gasteiger partial charge in [0.25, 0.3) is 0 Å². The molecule has 0 aliphatic heterocycles. The molecule has 0 radical (unpaired) electrons. The van der Waals surface area contributed by atoms with E-state index in [1.165, 1.54) is 0 Å². The molecule has 0 aliphatic carbocycles. The molecule has 2 aromatic rings. The minimum atomic E-state index is -3.72. The summed E-state index contributed by atoms with van der Waals surface area (Å²) < 4.78 is 39.0. The Kier molecular flexibility index (Phi) is 10.8. The normalized spacial score (nSPS) is 12.5. The molecular weight excluding hydrogens is 473 g/mol. The van der Waals surface area contributed by atoms with Crippen molar-refractivity contribution in [3.05, 3.63) is 65.7 Å². The van der Waals surface area contributed by atoms with Gasteiger partial charge >= 0.3 is 19.9 Å². The maximum Gasteiger partial charge on any atom is 0.530 e. The Bertz CT molecular complexity index is 979. The number of ether oxygens (including phenoxy) is 2. The highest BCUT2D eigenvalue weighted by atomic mass is 31.2. The Morgan fingerprint density at radius 1 is 0.914 bits per heavy atom. The zero-order chi connectivity index (χ0) is 25.9. The molecule has 0 fully saturated rings. The van der Waals surface area contributed by atoms with Crippen LogP contribution in [0.5, 0.6) is 5.75 Å². The average molecular weight is 508 g/mol. The minimum absolute atomic E-state index is 0.0725. The SMILES string of the molecule is CCOP(=O)(OCC)Oc1ccc(C[C@H](NC(=O)OC(C)(C)C)C(=O)OCc2ccccc2)cc1. The number of amides is 1. The van der Waals surface area contributed by atoms with E-state index in [-0.39, 0.29) is 32.0 Å². The third-order valence-corrected chi connectivity index (χ3v) is 5.94. The number of alkyl carbamates (subject to hydrolysis) is 1. The van der Waals surface area contributed by atoms with E-state index >= 15 is 0 Å². The van der Waals surface area contributed by atoms with Gasteiger partial charge in [-0.3, -0.25) is 9.05 Å². The van der Waals surface area contributed by atoms with Crippen LogP contribution in [0.4, 0.5) is 4.79 Å². The number of hydrogen-bond acceptors (Lipinski definition) is 8. The van der Waals surface area contributed by atoms with Crippen molar-refractivity contribution in [3.63, 3.8) is 0 Å². The van der Waals surface area contributed by atoms with Crippen LogP contribution in [0.15, 0.2) is 54.6 Å². The molecule has 10 heteroatoms. The highest BCUT2D eigenvalue weighted by Gasteiger charge is 2.28. The number of nitrogens with one attached hydrogen (secondary N) is 1. The highest BCUT2D eigenvalue weighted by Crippen LogP contribution is 2.49. The van der Waals surface area contributed by atoms with Gasteiger partial charge in [0.05, 0.1) is 13.2 Å². The number of rotatable bonds is 12. The maximum absolute atomic E-state index is 12.8. The fourth-order valence-corrected chi connectivity index (χ4v) is 4.12. The van der Waals surface area contributed by atoms with Crippen molar-refractivity contribution in [2.45, 2.75) is 59.3 Å². The van der Waals surface area contributed by atoms with Gasteiger partial charge in [0, 0.05) is 6.42 Å². The summed E-state index contributed by atoms with van der Waals surface area (Å²) in [5, 5.41) is 2.59. The second-order valence-electron chi connectivity index (χ2n) is 8.51. The summed E-state index contributed by atoms with van der Waals surface area (Å²) in [6, 6.07) is 14.8. The molecule has 2 rings (SSSR count). The summed E-state index contributed by atoms with van der Waals surface area (Å²) in [5.41, 5.74) is 0.806. The number of carbonyl (C=O) groups is 2. The first-order valence-corrected chi connectivity index (χ1v) is 12.9. The van der Waals surface area contributed by atoms with Crippen molar-refractivity contribution in [2.75, 3.05) is 13.2 Å². The van der Waals surface area contributed by atoms with Gasteiger partial charge in [-0.1, -0.05) is 42.5 Å². The fraction of sp³-hybridized carbons (Fsp3) is 0.440. The molecule has 192 valence electrons. The summed E-state index contributed by atoms with van der Waals surface area (Å²) >= 11 is 0. The smallest absolute Gasteiger partial charge is 0.459 e. The average Bonchev–Trinajstić information content (AvgIpc) is 2.78. The van der Waals surface area contributed by atoms with Crippen LogP contribution in [0.3, 0.4) is 0 Å². The van der Waals surface area contributed by atoms with E-state index in [0.29, 0.717) is 5.56 Å². The lowest BCUT2D eigenvalue weighted by Gasteiger charge is -2.23. The highest BCUT2D eigenvalue weighted by molar-refractivity contribution is 7.48. The second-order valence-corrected chi connectivity index (χ2v) is 10.1. The van der Waals surface area contributed by atoms with E-state index < -0.39 is 31.5 Å². The van der Waals surface area contributed by atoms with Gasteiger partial charge in [-0.15, -0.1) is 0 Å². The lowest BCUT2D eigenvalue weighted by atomic mass is 10.1. The monoisotopic (exact) mass is 507 g/mol. The zero-order valence-corrected chi connectivity index (χ0v) is 21.7. The Balaban J connectivity index is 2.11. The number of phosphoric ester groups is 1. The van der Waals surface area contributed by atoms with E-state index in [1.54, 1.807) is 58.9 Å². The van der Waals surface area contributed by atoms with Crippen LogP contribution < -0.4 is 9.84 Å². The van der Waals surface area contributed by atoms with Gasteiger partial charge in [-0.2, -0.15) is 0 Å². The van der Waals surface area contributed by atoms with Gasteiger partial charge in [0.1, 0.15) is 24.0 Å². The first-order chi connectivity index (χ1) is 16.5. The molecule has 35 heavy (non-hydrogen) atoms. The van der Waals surface area contributed by atoms with E-state index in [9.17, 15) is 14.2 Å². The Morgan fingerprint density at radius 2 is 1.51 bits per heavy atom. The molecule has 0 unspecified atom stereocenters. The lowest BCUT2D eigenvalue weighted by Crippen LogP contribution is -2.45. The van der Waals surface area contributed by atoms with Crippen molar-refractivity contribution >= 4 is 19.9 Å². The molecule has 0 heterocycles. The minimum Gasteiger partial charge on any atom is -0.459 e. The van der Waals surface area contributed by atoms with E-state index in [2.05, 4.69) is 5.32 Å². The molecule has 0 aromatic heterocycles. The molecule has 0 spiro atoms. The molecule has 2 aromatic carbocycles. The van der Waals surface area contributed by atoms with Crippen LogP contribution in [0.2, 0.25) is 0 Å². The molecule has 0 saturated carbocycles. The molecular formula is C25H34NO8P. The number of hydrogen-bond donors (Lipinski definition) is 1. The molecule has 0 aliphatic rings. The van der Waals surface area contributed by atoms with Crippen molar-refractivity contribution in [2.24, 2.45) is 0 Å². The topological polar surface area (TPSA) is 109 Å². The summed E-state index contributed by atoms with van der Waals surface area (Å²) in [7, 11) is -3.72. The summed E-state index contributed by atoms with van der Waals surface area (Å²) in [6.07, 6.45) is -0.588. The number of esters is 1. The van der Waals surface area contributed by atoms with Crippen LogP contribution >= 0.6 is 7.82 Å². The van der Waals surface area contributed by atoms with Crippen molar-refractivity contribution in [3.8, 4) is 5.75 Å². The maximum atomic E-state index is 12.8. The molecule has 0 bridgehead atoms. The van der Waals surface area contributed by atoms with Gasteiger partial charge in [-0.25, -0.2) is 14.2 Å². The molecule has 9 nitrogen and oxygen atoms in total. The predicted molar refractivity (Wildman–Crippen MR) is 131 cm³/mol. The van der Waals surface area contributed by atoms with Gasteiger partial charge < -0.3 is 19.3 Å². The number of benzene rings is 2. The molecule has 0 saturated heterocycles. The Morgan fingerprint density at radius 3 is 2.06 bits per heavy atom. The van der Waals surface area contributed by atoms with Gasteiger partial charge in [-0.05, 0) is 57.9 Å². The summed E-state index contributed by atoms with van der Waals surface area (Å²) in [5.74, 6) is -0.320. The van der Waals surface area contributed by atoms with Crippen molar-refractivity contribution < 1.29 is 37.2 Å². The quantitative estimate of drug-likeness (QED) is 0.299. The predicted octanol–water partition coefficient (Wildman–Crippen LogP) is 5.43. The largest absolute Gasteiger partial charge is 0.530 e. The van der Waals surface area contributed by atoms with Crippen LogP contribution in [0.25, 0.3) is 0 Å². The number of phosphoric acid groups is 1. The Hall–Kier alpha value is -2.87. The standard InChI is InChI=1S/C25H34NO8P/c1-6-31-35(29,32-7-2)34-21-15-13-19(14-16-21)17-22(26-24(28)33-25(3,4)5)23(27)30-18-20-11-9-8-10-12-20/h8-16,22H,6-7,17-18H2,1-5H3,(H,26,28)/t22-/m0/s1. The fourth-order valence-electron chi connectivity index (χ4n) is 2.93. The van der Waals surface area contributed by atoms with Gasteiger partial charge in [0.2, 0.25) is 0 Å². The van der Waals surface area contributed by atoms with Crippen LogP contribution in [0.1, 0.15) is 45.7 Å². The number of carbonyl (C=O) groups excluding carboxylic acids is 2. The van der Waals surface area contributed by atoms with E-state index in [4.69, 9.17) is 23.0 Å². The second kappa shape index (κ2) is 13.3. The molecule has 1 amide bonds. The van der Waals surface area contributed by atoms with Gasteiger partial charge in [0.15, 0.2) is 0 Å². The van der Waals surface area contributed by atoms with Crippen molar-refractivity contribution in [1.82, 2.24) is 5.32 Å². The molecule has 1 atom stereocenters. The Labute approximate surface area is 206 Å². The van der Waals surface area contributed by atoms with Crippen LogP contribution in [-0.2, 0) is 40.9 Å². The van der Waals surface area contributed by atoms with Crippen LogP contribution in [0, 0.1) is 0 Å². The summed E-state index contributed by atoms with van der Waals surface area (Å²) in [4.78, 5) is 25.2. The lowest BCUT2D eigenvalue weighted by molar-refractivity contribution is -0.147. The van der Waals surface area contributed by atoms with E-state index in [0.717, 1.165) is 5.56 Å². The zero-order valence-electron chi connectivity index (χ0n) is 20.8. The third-order valence-electron chi connectivity index (χ3n) is 4.35. The van der Waals surface area contributed by atoms with Crippen LogP contribution in [-0.4, -0.2) is 36.9 Å². The third kappa shape index (κ3) is 10.5. The van der Waals surface area contributed by atoms with E-state index in [1.807, 2.05) is 30.3 Å². The van der Waals surface area contributed by atoms with Crippen molar-refractivity contribution in [1.29, 1.82) is 0 Å². The summed E-state index contributed by atoms with van der Waals surface area (Å²) in [6.45, 7) is 8.98. The first kappa shape index (κ1) is 28.4. The molecule has 1 N–H and O–H groups in total. The first-order valence-electron chi connectivity index (χ1n) is 11.4.